The third-order valence-electron chi connectivity index (χ3n) is 14.4. The van der Waals surface area contributed by atoms with E-state index in [2.05, 4.69) is 0 Å². The van der Waals surface area contributed by atoms with E-state index in [0.717, 1.165) is 0 Å². The molecule has 318 valence electrons. The molecule has 0 unspecified atom stereocenters. The van der Waals surface area contributed by atoms with E-state index in [-0.39, 0.29) is 30.6 Å². The number of methoxy groups -OCH3 is 1. The van der Waals surface area contributed by atoms with Gasteiger partial charge in [0.2, 0.25) is 0 Å². The molecular formula is C50H52O11. The van der Waals surface area contributed by atoms with Crippen LogP contribution in [0.25, 0.3) is 0 Å². The van der Waals surface area contributed by atoms with Crippen molar-refractivity contribution in [3.63, 3.8) is 0 Å². The Balaban J connectivity index is 1.40. The summed E-state index contributed by atoms with van der Waals surface area (Å²) in [5, 5.41) is 25.3. The van der Waals surface area contributed by atoms with Crippen molar-refractivity contribution in [1.29, 1.82) is 0 Å². The van der Waals surface area contributed by atoms with Gasteiger partial charge in [-0.1, -0.05) is 130 Å². The standard InChI is InChI=1S/C50H52O11/c1-30-37(52)28-49(56)43(60-44(54)32-19-11-7-12-20-32)41-47(5,42(53)40(59-31(2)51)39(30)46(49,3)4)36(27-38-48(41,57-6)29-58-38)45(55)61-50(33-21-13-8-14-22-33,34-23-15-9-16-24-34)35-25-17-10-18-26-35/h7-26,36-38,40-41,43,52,56H,27-29H2,1-6H3/t36-,37+,38-,40-,41+,43+,47-,48+,49-/m1/s1. The number of esters is 3. The molecule has 11 nitrogen and oxygen atoms in total. The maximum Gasteiger partial charge on any atom is 0.338 e. The molecule has 2 saturated carbocycles. The number of hydrogen-bond donors (Lipinski definition) is 2. The fourth-order valence-electron chi connectivity index (χ4n) is 11.1. The maximum absolute atomic E-state index is 16.1. The Morgan fingerprint density at radius 2 is 1.30 bits per heavy atom. The number of benzene rings is 4. The molecule has 4 aromatic rings. The van der Waals surface area contributed by atoms with Gasteiger partial charge < -0.3 is 33.9 Å². The van der Waals surface area contributed by atoms with Crippen molar-refractivity contribution >= 4 is 23.7 Å². The second-order valence-electron chi connectivity index (χ2n) is 17.6. The van der Waals surface area contributed by atoms with Crippen molar-refractivity contribution < 1.29 is 53.1 Å². The van der Waals surface area contributed by atoms with Gasteiger partial charge in [0, 0.05) is 48.5 Å². The number of aliphatic hydroxyl groups is 2. The molecule has 11 heteroatoms. The van der Waals surface area contributed by atoms with E-state index >= 15 is 9.59 Å². The van der Waals surface area contributed by atoms with Crippen LogP contribution in [0.1, 0.15) is 74.5 Å². The fraction of sp³-hybridized carbons (Fsp3) is 0.400. The number of ether oxygens (including phenoxy) is 5. The number of Topliss-reactive ketones (excluding diaryl/α,β-unsaturated/α-hetero) is 1. The quantitative estimate of drug-likeness (QED) is 0.0820. The minimum Gasteiger partial charge on any atom is -0.455 e. The molecule has 0 spiro atoms. The zero-order chi connectivity index (χ0) is 43.5. The molecule has 3 aliphatic carbocycles. The van der Waals surface area contributed by atoms with Crippen molar-refractivity contribution in [3.05, 3.63) is 155 Å². The van der Waals surface area contributed by atoms with Gasteiger partial charge in [-0.05, 0) is 36.6 Å². The first kappa shape index (κ1) is 42.2. The summed E-state index contributed by atoms with van der Waals surface area (Å²) in [5.74, 6) is -5.75. The van der Waals surface area contributed by atoms with Crippen LogP contribution < -0.4 is 0 Å². The van der Waals surface area contributed by atoms with Crippen LogP contribution in [-0.4, -0.2) is 83.2 Å². The summed E-state index contributed by atoms with van der Waals surface area (Å²) in [5.41, 5.74) is -5.94. The Morgan fingerprint density at radius 1 is 0.787 bits per heavy atom. The highest BCUT2D eigenvalue weighted by atomic mass is 16.6. The first-order valence-corrected chi connectivity index (χ1v) is 20.7. The molecule has 8 rings (SSSR count). The van der Waals surface area contributed by atoms with Crippen LogP contribution in [0.4, 0.5) is 0 Å². The zero-order valence-corrected chi connectivity index (χ0v) is 35.2. The molecule has 2 N–H and O–H groups in total. The number of hydrogen-bond acceptors (Lipinski definition) is 11. The van der Waals surface area contributed by atoms with E-state index in [1.807, 2.05) is 91.0 Å². The van der Waals surface area contributed by atoms with Gasteiger partial charge in [0.05, 0.1) is 35.7 Å². The summed E-state index contributed by atoms with van der Waals surface area (Å²) in [7, 11) is 1.46. The van der Waals surface area contributed by atoms with Gasteiger partial charge >= 0.3 is 17.9 Å². The van der Waals surface area contributed by atoms with E-state index < -0.39 is 87.6 Å². The highest BCUT2D eigenvalue weighted by molar-refractivity contribution is 5.98. The van der Waals surface area contributed by atoms with Crippen LogP contribution in [0.2, 0.25) is 0 Å². The van der Waals surface area contributed by atoms with Crippen LogP contribution in [0, 0.1) is 22.7 Å². The van der Waals surface area contributed by atoms with Gasteiger partial charge in [-0.3, -0.25) is 14.4 Å². The molecule has 0 aromatic heterocycles. The molecule has 4 aliphatic rings. The van der Waals surface area contributed by atoms with Gasteiger partial charge in [0.15, 0.2) is 17.5 Å². The summed E-state index contributed by atoms with van der Waals surface area (Å²) in [4.78, 5) is 59.5. The molecule has 9 atom stereocenters. The lowest BCUT2D eigenvalue weighted by molar-refractivity contribution is -0.345. The SMILES string of the molecule is CO[C@@]12CO[C@@H]1C[C@H](C(=O)OC(c1ccccc1)(c1ccccc1)c1ccccc1)[C@@]1(C)C(=O)[C@H](OC(C)=O)C3=C(C)[C@@H](O)C[C@@](O)([C@@H](OC(=O)c4ccccc4)[C@H]21)C3(C)C. The number of carbonyl (C=O) groups excluding carboxylic acids is 4. The van der Waals surface area contributed by atoms with Gasteiger partial charge in [-0.2, -0.15) is 0 Å². The Labute approximate surface area is 355 Å². The van der Waals surface area contributed by atoms with Crippen LogP contribution in [0.15, 0.2) is 132 Å². The minimum absolute atomic E-state index is 0.0749. The molecular weight excluding hydrogens is 777 g/mol. The summed E-state index contributed by atoms with van der Waals surface area (Å²) in [6.07, 6.45) is -5.85. The number of fused-ring (bicyclic) bond motifs is 5. The van der Waals surface area contributed by atoms with Gasteiger partial charge in [0.1, 0.15) is 17.3 Å². The Kier molecular flexibility index (Phi) is 10.7. The Hall–Kier alpha value is -5.46. The van der Waals surface area contributed by atoms with Crippen molar-refractivity contribution in [2.45, 2.75) is 88.7 Å². The van der Waals surface area contributed by atoms with Crippen molar-refractivity contribution in [2.24, 2.45) is 22.7 Å². The molecule has 2 bridgehead atoms. The first-order valence-electron chi connectivity index (χ1n) is 20.7. The van der Waals surface area contributed by atoms with Gasteiger partial charge in [-0.25, -0.2) is 4.79 Å². The number of carbonyl (C=O) groups is 4. The first-order chi connectivity index (χ1) is 29.1. The Morgan fingerprint density at radius 3 is 1.75 bits per heavy atom. The number of aliphatic hydroxyl groups excluding tert-OH is 1. The fourth-order valence-corrected chi connectivity index (χ4v) is 11.1. The van der Waals surface area contributed by atoms with Crippen molar-refractivity contribution in [3.8, 4) is 0 Å². The average Bonchev–Trinajstić information content (AvgIpc) is 3.25. The second kappa shape index (κ2) is 15.5. The van der Waals surface area contributed by atoms with E-state index in [0.29, 0.717) is 22.3 Å². The average molecular weight is 829 g/mol. The topological polar surface area (TPSA) is 155 Å². The highest BCUT2D eigenvalue weighted by Gasteiger charge is 2.78. The zero-order valence-electron chi connectivity index (χ0n) is 35.2. The van der Waals surface area contributed by atoms with E-state index in [1.165, 1.54) is 14.0 Å². The third kappa shape index (κ3) is 6.30. The maximum atomic E-state index is 16.1. The predicted octanol–water partition coefficient (Wildman–Crippen LogP) is 6.53. The smallest absolute Gasteiger partial charge is 0.338 e. The van der Waals surface area contributed by atoms with Crippen molar-refractivity contribution in [2.75, 3.05) is 13.7 Å². The highest BCUT2D eigenvalue weighted by Crippen LogP contribution is 2.66. The van der Waals surface area contributed by atoms with Crippen LogP contribution in [0.5, 0.6) is 0 Å². The largest absolute Gasteiger partial charge is 0.455 e. The van der Waals surface area contributed by atoms with E-state index in [9.17, 15) is 19.8 Å². The number of ketones is 1. The lowest BCUT2D eigenvalue weighted by atomic mass is 9.43. The number of rotatable bonds is 9. The minimum atomic E-state index is -2.14. The molecule has 1 saturated heterocycles. The van der Waals surface area contributed by atoms with E-state index in [1.54, 1.807) is 58.0 Å². The molecule has 1 aliphatic heterocycles. The third-order valence-corrected chi connectivity index (χ3v) is 14.4. The lowest BCUT2D eigenvalue weighted by Crippen LogP contribution is -2.81. The molecule has 0 radical (unpaired) electrons. The van der Waals surface area contributed by atoms with Crippen LogP contribution in [0.3, 0.4) is 0 Å². The van der Waals surface area contributed by atoms with E-state index in [4.69, 9.17) is 23.7 Å². The Bertz CT molecular complexity index is 2240. The molecule has 4 aromatic carbocycles. The van der Waals surface area contributed by atoms with Gasteiger partial charge in [0.25, 0.3) is 0 Å². The summed E-state index contributed by atoms with van der Waals surface area (Å²) < 4.78 is 32.3. The summed E-state index contributed by atoms with van der Waals surface area (Å²) >= 11 is 0. The lowest BCUT2D eigenvalue weighted by Gasteiger charge is -2.68. The molecule has 0 amide bonds. The monoisotopic (exact) mass is 828 g/mol. The molecule has 3 fully saturated rings. The molecule has 61 heavy (non-hydrogen) atoms. The van der Waals surface area contributed by atoms with Crippen LogP contribution in [-0.2, 0) is 43.7 Å². The second-order valence-corrected chi connectivity index (χ2v) is 17.6. The molecule has 1 heterocycles. The summed E-state index contributed by atoms with van der Waals surface area (Å²) in [6, 6.07) is 36.3. The van der Waals surface area contributed by atoms with Crippen LogP contribution >= 0.6 is 0 Å². The van der Waals surface area contributed by atoms with Crippen molar-refractivity contribution in [1.82, 2.24) is 0 Å². The normalized spacial score (nSPS) is 31.6. The summed E-state index contributed by atoms with van der Waals surface area (Å²) in [6.45, 7) is 7.69. The van der Waals surface area contributed by atoms with Gasteiger partial charge in [-0.15, -0.1) is 0 Å². The predicted molar refractivity (Wildman–Crippen MR) is 223 cm³/mol.